The number of aromatic nitrogens is 13. The quantitative estimate of drug-likeness (QED) is 0.0281. The van der Waals surface area contributed by atoms with E-state index in [0.717, 1.165) is 22.2 Å². The van der Waals surface area contributed by atoms with E-state index in [1.54, 1.807) is 182 Å². The highest BCUT2D eigenvalue weighted by Gasteiger charge is 2.36. The second kappa shape index (κ2) is 41.2. The van der Waals surface area contributed by atoms with Crippen LogP contribution in [-0.4, -0.2) is 160 Å². The molecule has 0 spiro atoms. The molecule has 34 heteroatoms. The number of ether oxygens (including phenoxy) is 3. The first kappa shape index (κ1) is 94.2. The Kier molecular flexibility index (Phi) is 27.8. The number of para-hydroxylation sites is 2. The molecule has 0 fully saturated rings. The van der Waals surface area contributed by atoms with Crippen LogP contribution in [0.3, 0.4) is 0 Å². The van der Waals surface area contributed by atoms with Crippen LogP contribution >= 0.6 is 0 Å². The van der Waals surface area contributed by atoms with E-state index in [1.165, 1.54) is 69.9 Å². The van der Waals surface area contributed by atoms with Crippen molar-refractivity contribution < 1.29 is 97.9 Å². The number of aromatic hydroxyl groups is 8. The summed E-state index contributed by atoms with van der Waals surface area (Å²) in [4.78, 5) is 93.5. The van der Waals surface area contributed by atoms with Gasteiger partial charge in [0.05, 0.1) is 125 Å². The lowest BCUT2D eigenvalue weighted by molar-refractivity contribution is -0.137. The first-order chi connectivity index (χ1) is 67.7. The van der Waals surface area contributed by atoms with Gasteiger partial charge in [0.2, 0.25) is 0 Å². The molecule has 11 N–H and O–H groups in total. The average molecular weight is 1870 g/mol. The molecule has 0 aliphatic carbocycles. The molecule has 14 aromatic carbocycles. The van der Waals surface area contributed by atoms with Gasteiger partial charge in [-0.05, 0) is 191 Å². The lowest BCUT2D eigenvalue weighted by Crippen LogP contribution is -2.10. The van der Waals surface area contributed by atoms with Crippen LogP contribution in [0.1, 0.15) is 58.9 Å². The molecule has 0 radical (unpaired) electrons. The van der Waals surface area contributed by atoms with Gasteiger partial charge in [-0.15, -0.1) is 0 Å². The minimum absolute atomic E-state index is 0.0226. The van der Waals surface area contributed by atoms with Gasteiger partial charge in [0.1, 0.15) is 46.0 Å². The second-order valence-electron chi connectivity index (χ2n) is 30.8. The predicted molar refractivity (Wildman–Crippen MR) is 510 cm³/mol. The van der Waals surface area contributed by atoms with Gasteiger partial charge in [-0.3, -0.25) is 4.98 Å². The highest BCUT2D eigenvalue weighted by Crippen LogP contribution is 2.44. The van der Waals surface area contributed by atoms with E-state index < -0.39 is 35.2 Å². The number of pyridine rings is 1. The summed E-state index contributed by atoms with van der Waals surface area (Å²) >= 11 is 0. The van der Waals surface area contributed by atoms with Crippen LogP contribution in [0.5, 0.6) is 46.0 Å². The SMILES string of the molecule is COC(=O)c1ccc(-c2nc(-c3ccc(CO)cc3O)nc(-c3ccc4ccccc4c3O)n2)cc1.COC(=O)c1ccc(-c2nc(-c3ccc(CO)cc3O)nc(-c3ccc4ncccc4c3O)n2)cc1.COC(=O)c1ccc(-c2nc(-c3ccccc3O)nc(-c3cc4ccccc4cc3O)n2)cc1.N#Cc1ccc(-c2nc(-c3ccccc3O)nc(-c3ccc(CO)cc3O)n2)c(C(F)(F)F)c1. The van der Waals surface area contributed by atoms with Crippen molar-refractivity contribution in [1.29, 1.82) is 5.26 Å². The number of halogens is 3. The van der Waals surface area contributed by atoms with Crippen LogP contribution in [0.15, 0.2) is 297 Å². The first-order valence-electron chi connectivity index (χ1n) is 42.3. The molecule has 0 atom stereocenters. The summed E-state index contributed by atoms with van der Waals surface area (Å²) in [5.41, 5.74) is 5.84. The number of carbonyl (C=O) groups is 3. The molecule has 0 saturated carbocycles. The van der Waals surface area contributed by atoms with E-state index in [1.807, 2.05) is 60.7 Å². The fourth-order valence-corrected chi connectivity index (χ4v) is 14.7. The Labute approximate surface area is 792 Å². The van der Waals surface area contributed by atoms with Crippen molar-refractivity contribution in [3.05, 3.63) is 342 Å². The number of benzene rings is 14. The molecule has 0 saturated heterocycles. The normalized spacial score (nSPS) is 11.0. The Morgan fingerprint density at radius 3 is 1.00 bits per heavy atom. The van der Waals surface area contributed by atoms with E-state index in [2.05, 4.69) is 64.8 Å². The third-order valence-electron chi connectivity index (χ3n) is 21.9. The van der Waals surface area contributed by atoms with Crippen molar-refractivity contribution in [3.8, 4) is 189 Å². The Morgan fingerprint density at radius 1 is 0.300 bits per heavy atom. The fraction of sp³-hybridized carbons (Fsp3) is 0.0660. The number of fused-ring (bicyclic) bond motifs is 3. The van der Waals surface area contributed by atoms with Gasteiger partial charge in [0, 0.05) is 39.2 Å². The van der Waals surface area contributed by atoms with Crippen LogP contribution in [0, 0.1) is 11.3 Å². The molecule has 0 aliphatic rings. The van der Waals surface area contributed by atoms with Gasteiger partial charge < -0.3 is 70.4 Å². The largest absolute Gasteiger partial charge is 0.507 e. The van der Waals surface area contributed by atoms with E-state index in [0.29, 0.717) is 112 Å². The summed E-state index contributed by atoms with van der Waals surface area (Å²) in [5.74, 6) is -0.593. The summed E-state index contributed by atoms with van der Waals surface area (Å²) in [5, 5.41) is 126. The third-order valence-corrected chi connectivity index (χ3v) is 21.9. The van der Waals surface area contributed by atoms with Gasteiger partial charge >= 0.3 is 24.1 Å². The van der Waals surface area contributed by atoms with Crippen molar-refractivity contribution in [2.45, 2.75) is 26.0 Å². The summed E-state index contributed by atoms with van der Waals surface area (Å²) in [7, 11) is 3.94. The van der Waals surface area contributed by atoms with Crippen LogP contribution in [-0.2, 0) is 40.2 Å². The zero-order valence-corrected chi connectivity index (χ0v) is 73.7. The number of phenolic OH excluding ortho intramolecular Hbond substituents is 8. The van der Waals surface area contributed by atoms with Crippen molar-refractivity contribution in [2.75, 3.05) is 21.3 Å². The Bertz CT molecular complexity index is 7800. The molecule has 19 aromatic rings. The number of methoxy groups -OCH3 is 3. The smallest absolute Gasteiger partial charge is 0.417 e. The summed E-state index contributed by atoms with van der Waals surface area (Å²) in [6.07, 6.45) is -3.17. The van der Waals surface area contributed by atoms with Gasteiger partial charge in [-0.2, -0.15) is 18.4 Å². The van der Waals surface area contributed by atoms with E-state index in [4.69, 9.17) is 19.5 Å². The molecule has 5 heterocycles. The maximum atomic E-state index is 13.8. The van der Waals surface area contributed by atoms with E-state index in [9.17, 15) is 83.7 Å². The number of aliphatic hydroxyl groups is 3. The molecule has 19 rings (SSSR count). The number of alkyl halides is 3. The molecule has 0 unspecified atom stereocenters. The van der Waals surface area contributed by atoms with Crippen molar-refractivity contribution in [1.82, 2.24) is 64.8 Å². The maximum Gasteiger partial charge on any atom is 0.417 e. The van der Waals surface area contributed by atoms with Gasteiger partial charge in [-0.25, -0.2) is 74.2 Å². The van der Waals surface area contributed by atoms with Crippen molar-refractivity contribution in [3.63, 3.8) is 0 Å². The van der Waals surface area contributed by atoms with Gasteiger partial charge in [-0.1, -0.05) is 133 Å². The Morgan fingerprint density at radius 2 is 0.614 bits per heavy atom. The Balaban J connectivity index is 0.000000135. The van der Waals surface area contributed by atoms with E-state index >= 15 is 0 Å². The Hall–Kier alpha value is -19.0. The van der Waals surface area contributed by atoms with Crippen molar-refractivity contribution >= 4 is 50.4 Å². The maximum absolute atomic E-state index is 13.8. The lowest BCUT2D eigenvalue weighted by Gasteiger charge is -2.14. The monoisotopic (exact) mass is 1870 g/mol. The van der Waals surface area contributed by atoms with Gasteiger partial charge in [0.15, 0.2) is 69.9 Å². The number of rotatable bonds is 18. The highest BCUT2D eigenvalue weighted by atomic mass is 19.4. The number of nitrogens with zero attached hydrogens (tertiary/aromatic N) is 14. The van der Waals surface area contributed by atoms with Gasteiger partial charge in [0.25, 0.3) is 0 Å². The zero-order chi connectivity index (χ0) is 98.6. The lowest BCUT2D eigenvalue weighted by atomic mass is 10.0. The number of aliphatic hydroxyl groups excluding tert-OH is 3. The fourth-order valence-electron chi connectivity index (χ4n) is 14.7. The number of hydrogen-bond acceptors (Lipinski definition) is 31. The number of phenols is 8. The zero-order valence-electron chi connectivity index (χ0n) is 73.7. The molecule has 140 heavy (non-hydrogen) atoms. The number of hydrogen-bond donors (Lipinski definition) is 11. The topological polar surface area (TPSA) is 493 Å². The van der Waals surface area contributed by atoms with Crippen LogP contribution < -0.4 is 0 Å². The molecular weight excluding hydrogens is 1800 g/mol. The standard InChI is InChI=1S/C28H21N3O5.C27H20N4O5.C27H19N3O4.C24H15F3N4O3/c1-36-28(35)19-9-7-18(8-10-19)25-29-26(21-12-6-16(15-32)14-23(21)33)31-27(30-25)22-13-11-17-4-2-3-5-20(17)24(22)34;1-36-27(35)17-7-5-16(6-8-17)24-29-25(19-9-4-15(14-32)13-22(19)33)31-26(30-24)20-10-11-21-18(23(20)34)3-2-12-28-21;1-34-27(33)17-12-10-16(11-13-17)24-28-25(20-8-4-5-9-22(20)31)30-26(29-24)21-14-18-6-2-3-7-19(18)15-23(21)32;25-24(26,27)18-9-13(11-28)5-7-15(18)21-29-22(16-3-1-2-4-19(16)33)31-23(30-21)17-8-6-14(12-32)10-20(17)34/h2-14,32-34H,15H2,1H3;2-13,32-34H,14H2,1H3;2-15,31-32H,1H3;1-10,32-34H,12H2. The minimum Gasteiger partial charge on any atom is -0.507 e. The number of esters is 3. The average Bonchev–Trinajstić information content (AvgIpc) is 0.787. The summed E-state index contributed by atoms with van der Waals surface area (Å²) < 4.78 is 55.8. The molecule has 0 bridgehead atoms. The second-order valence-corrected chi connectivity index (χ2v) is 30.8. The number of carbonyl (C=O) groups excluding carboxylic acids is 3. The minimum atomic E-state index is -4.81. The first-order valence-corrected chi connectivity index (χ1v) is 42.3. The summed E-state index contributed by atoms with van der Waals surface area (Å²) in [6.45, 7) is -0.786. The summed E-state index contributed by atoms with van der Waals surface area (Å²) in [6, 6.07) is 79.9. The number of nitriles is 1. The van der Waals surface area contributed by atoms with Crippen LogP contribution in [0.2, 0.25) is 0 Å². The molecule has 0 aliphatic heterocycles. The molecule has 0 amide bonds. The highest BCUT2D eigenvalue weighted by molar-refractivity contribution is 5.97. The third kappa shape index (κ3) is 20.6. The molecule has 5 aromatic heterocycles. The molecular formula is C106H75F3N14O17. The molecule has 692 valence electrons. The molecule has 31 nitrogen and oxygen atoms in total. The van der Waals surface area contributed by atoms with Crippen LogP contribution in [0.25, 0.3) is 169 Å². The predicted octanol–water partition coefficient (Wildman–Crippen LogP) is 18.7. The van der Waals surface area contributed by atoms with E-state index in [-0.39, 0.29) is 147 Å². The van der Waals surface area contributed by atoms with Crippen molar-refractivity contribution in [2.24, 2.45) is 0 Å². The van der Waals surface area contributed by atoms with Crippen LogP contribution in [0.4, 0.5) is 13.2 Å².